The molecule has 1 aromatic rings. The van der Waals surface area contributed by atoms with Gasteiger partial charge in [0.05, 0.1) is 6.61 Å². The number of carbonyl (C=O) groups is 1. The number of fused-ring (bicyclic) bond motifs is 1. The van der Waals surface area contributed by atoms with E-state index in [1.807, 2.05) is 12.1 Å². The predicted octanol–water partition coefficient (Wildman–Crippen LogP) is 1.64. The Bertz CT molecular complexity index is 497. The number of ether oxygens (including phenoxy) is 1. The number of hydrogen-bond donors (Lipinski definition) is 1. The van der Waals surface area contributed by atoms with E-state index in [9.17, 15) is 4.79 Å². The third-order valence-corrected chi connectivity index (χ3v) is 2.90. The number of esters is 1. The van der Waals surface area contributed by atoms with Gasteiger partial charge in [0, 0.05) is 12.1 Å². The minimum atomic E-state index is -0.253. The lowest BCUT2D eigenvalue weighted by molar-refractivity contribution is -0.141. The van der Waals surface area contributed by atoms with Crippen LogP contribution in [-0.2, 0) is 22.5 Å². The Morgan fingerprint density at radius 1 is 1.50 bits per heavy atom. The number of rotatable bonds is 2. The molecule has 0 aromatic heterocycles. The topological polar surface area (TPSA) is 38.3 Å². The molecule has 1 aromatic carbocycles. The van der Waals surface area contributed by atoms with Crippen LogP contribution in [0.1, 0.15) is 30.0 Å². The van der Waals surface area contributed by atoms with Gasteiger partial charge in [-0.15, -0.1) is 0 Å². The van der Waals surface area contributed by atoms with Gasteiger partial charge in [0.1, 0.15) is 6.42 Å². The van der Waals surface area contributed by atoms with Crippen LogP contribution in [0.5, 0.6) is 0 Å². The molecule has 2 rings (SSSR count). The van der Waals surface area contributed by atoms with E-state index in [1.54, 1.807) is 6.92 Å². The maximum absolute atomic E-state index is 11.2. The van der Waals surface area contributed by atoms with Crippen molar-refractivity contribution in [2.75, 3.05) is 13.2 Å². The van der Waals surface area contributed by atoms with Gasteiger partial charge in [-0.2, -0.15) is 0 Å². The van der Waals surface area contributed by atoms with E-state index in [-0.39, 0.29) is 12.4 Å². The summed E-state index contributed by atoms with van der Waals surface area (Å²) in [6.45, 7) is 4.10. The molecule has 0 fully saturated rings. The van der Waals surface area contributed by atoms with E-state index >= 15 is 0 Å². The molecule has 1 heterocycles. The van der Waals surface area contributed by atoms with Gasteiger partial charge in [0.2, 0.25) is 0 Å². The number of benzene rings is 1. The Hall–Kier alpha value is -1.79. The molecule has 3 nitrogen and oxygen atoms in total. The molecule has 3 heteroatoms. The minimum absolute atomic E-state index is 0.162. The molecule has 94 valence electrons. The molecule has 0 saturated carbocycles. The molecule has 0 bridgehead atoms. The fourth-order valence-corrected chi connectivity index (χ4v) is 2.07. The maximum atomic E-state index is 11.2. The Labute approximate surface area is 108 Å². The second-order valence-electron chi connectivity index (χ2n) is 4.15. The zero-order valence-corrected chi connectivity index (χ0v) is 10.6. The van der Waals surface area contributed by atoms with Crippen molar-refractivity contribution < 1.29 is 9.53 Å². The zero-order valence-electron chi connectivity index (χ0n) is 10.6. The normalized spacial score (nSPS) is 13.2. The summed E-state index contributed by atoms with van der Waals surface area (Å²) >= 11 is 0. The second kappa shape index (κ2) is 6.23. The average Bonchev–Trinajstić information content (AvgIpc) is 2.39. The van der Waals surface area contributed by atoms with Gasteiger partial charge in [-0.3, -0.25) is 4.79 Å². The molecule has 18 heavy (non-hydrogen) atoms. The third kappa shape index (κ3) is 3.12. The molecule has 0 saturated heterocycles. The lowest BCUT2D eigenvalue weighted by Gasteiger charge is -2.18. The molecule has 0 amide bonds. The van der Waals surface area contributed by atoms with Crippen LogP contribution in [0.25, 0.3) is 0 Å². The summed E-state index contributed by atoms with van der Waals surface area (Å²) in [6.07, 6.45) is 1.16. The van der Waals surface area contributed by atoms with Gasteiger partial charge in [-0.25, -0.2) is 0 Å². The molecular formula is C15H17NO2. The van der Waals surface area contributed by atoms with E-state index in [0.717, 1.165) is 25.1 Å². The first kappa shape index (κ1) is 12.7. The van der Waals surface area contributed by atoms with Crippen LogP contribution in [0.15, 0.2) is 18.2 Å². The van der Waals surface area contributed by atoms with Crippen molar-refractivity contribution in [3.8, 4) is 11.8 Å². The van der Waals surface area contributed by atoms with Gasteiger partial charge in [0.25, 0.3) is 0 Å². The quantitative estimate of drug-likeness (QED) is 0.634. The van der Waals surface area contributed by atoms with E-state index in [2.05, 4.69) is 23.2 Å². The highest BCUT2D eigenvalue weighted by molar-refractivity contribution is 5.72. The summed E-state index contributed by atoms with van der Waals surface area (Å²) in [5, 5.41) is 3.34. The predicted molar refractivity (Wildman–Crippen MR) is 70.0 cm³/mol. The first-order valence-electron chi connectivity index (χ1n) is 6.27. The van der Waals surface area contributed by atoms with E-state index in [4.69, 9.17) is 4.74 Å². The van der Waals surface area contributed by atoms with Crippen LogP contribution in [0.2, 0.25) is 0 Å². The van der Waals surface area contributed by atoms with Crippen molar-refractivity contribution in [1.29, 1.82) is 0 Å². The van der Waals surface area contributed by atoms with Crippen molar-refractivity contribution in [3.63, 3.8) is 0 Å². The lowest BCUT2D eigenvalue weighted by Crippen LogP contribution is -2.24. The Balaban J connectivity index is 2.10. The van der Waals surface area contributed by atoms with Crippen molar-refractivity contribution in [1.82, 2.24) is 5.32 Å². The zero-order chi connectivity index (χ0) is 12.8. The maximum Gasteiger partial charge on any atom is 0.317 e. The van der Waals surface area contributed by atoms with Crippen molar-refractivity contribution in [2.24, 2.45) is 0 Å². The van der Waals surface area contributed by atoms with Crippen LogP contribution in [0.3, 0.4) is 0 Å². The molecule has 1 aliphatic rings. The number of nitrogens with one attached hydrogen (secondary N) is 1. The Morgan fingerprint density at radius 3 is 3.22 bits per heavy atom. The van der Waals surface area contributed by atoms with Crippen molar-refractivity contribution in [2.45, 2.75) is 26.3 Å². The van der Waals surface area contributed by atoms with E-state index in [0.29, 0.717) is 6.61 Å². The fourth-order valence-electron chi connectivity index (χ4n) is 2.07. The van der Waals surface area contributed by atoms with Crippen LogP contribution < -0.4 is 5.32 Å². The summed E-state index contributed by atoms with van der Waals surface area (Å²) in [5.74, 6) is 5.72. The molecular weight excluding hydrogens is 226 g/mol. The van der Waals surface area contributed by atoms with Crippen LogP contribution in [0.4, 0.5) is 0 Å². The standard InChI is InChI=1S/C15H17NO2/c1-2-18-15(17)8-4-6-12-5-3-7-13-11-16-10-9-14(12)13/h3,5,7,16H,2,8-11H2,1H3. The van der Waals surface area contributed by atoms with Gasteiger partial charge in [-0.1, -0.05) is 24.0 Å². The van der Waals surface area contributed by atoms with Gasteiger partial charge in [-0.05, 0) is 37.1 Å². The second-order valence-corrected chi connectivity index (χ2v) is 4.15. The van der Waals surface area contributed by atoms with E-state index < -0.39 is 0 Å². The molecule has 1 N–H and O–H groups in total. The molecule has 0 aliphatic carbocycles. The van der Waals surface area contributed by atoms with Crippen LogP contribution in [0, 0.1) is 11.8 Å². The fraction of sp³-hybridized carbons (Fsp3) is 0.400. The van der Waals surface area contributed by atoms with Crippen LogP contribution in [-0.4, -0.2) is 19.1 Å². The largest absolute Gasteiger partial charge is 0.465 e. The van der Waals surface area contributed by atoms with Gasteiger partial charge >= 0.3 is 5.97 Å². The highest BCUT2D eigenvalue weighted by Crippen LogP contribution is 2.17. The first-order chi connectivity index (χ1) is 8.81. The molecule has 0 unspecified atom stereocenters. The Morgan fingerprint density at radius 2 is 2.39 bits per heavy atom. The SMILES string of the molecule is CCOC(=O)CC#Cc1cccc2c1CCNC2. The summed E-state index contributed by atoms with van der Waals surface area (Å²) in [6, 6.07) is 6.15. The molecule has 0 atom stereocenters. The summed E-state index contributed by atoms with van der Waals surface area (Å²) in [4.78, 5) is 11.2. The van der Waals surface area contributed by atoms with Gasteiger partial charge in [0.15, 0.2) is 0 Å². The highest BCUT2D eigenvalue weighted by Gasteiger charge is 2.10. The van der Waals surface area contributed by atoms with Gasteiger partial charge < -0.3 is 10.1 Å². The highest BCUT2D eigenvalue weighted by atomic mass is 16.5. The van der Waals surface area contributed by atoms with Crippen molar-refractivity contribution in [3.05, 3.63) is 34.9 Å². The third-order valence-electron chi connectivity index (χ3n) is 2.90. The molecule has 1 aliphatic heterocycles. The first-order valence-corrected chi connectivity index (χ1v) is 6.27. The average molecular weight is 243 g/mol. The Kier molecular flexibility index (Phi) is 4.38. The van der Waals surface area contributed by atoms with E-state index in [1.165, 1.54) is 11.1 Å². The monoisotopic (exact) mass is 243 g/mol. The lowest BCUT2D eigenvalue weighted by atomic mass is 9.96. The summed E-state index contributed by atoms with van der Waals surface area (Å²) in [5.41, 5.74) is 3.66. The molecule has 0 radical (unpaired) electrons. The summed E-state index contributed by atoms with van der Waals surface area (Å²) < 4.78 is 4.84. The van der Waals surface area contributed by atoms with Crippen molar-refractivity contribution >= 4 is 5.97 Å². The van der Waals surface area contributed by atoms with Crippen LogP contribution >= 0.6 is 0 Å². The smallest absolute Gasteiger partial charge is 0.317 e. The molecule has 0 spiro atoms. The summed E-state index contributed by atoms with van der Waals surface area (Å²) in [7, 11) is 0. The number of carbonyl (C=O) groups excluding carboxylic acids is 1. The number of hydrogen-bond acceptors (Lipinski definition) is 3. The minimum Gasteiger partial charge on any atom is -0.465 e.